The number of nitrogens with one attached hydrogen (secondary N) is 3. The van der Waals surface area contributed by atoms with Crippen LogP contribution in [0.5, 0.6) is 11.5 Å². The Labute approximate surface area is 179 Å². The van der Waals surface area contributed by atoms with Crippen LogP contribution in [-0.2, 0) is 4.79 Å². The van der Waals surface area contributed by atoms with Crippen molar-refractivity contribution in [3.8, 4) is 11.5 Å². The standard InChI is InChI=1S/C21H33N3O4.ClH/c1-21(2,3)20(26)24-16-12-18(28-5)17(27-4)11-15(16)19(25)23-10-8-14-7-6-9-22-13-14;/h11-12,14,22H,6-10,13H2,1-5H3,(H,23,25)(H,24,26);1H. The second-order valence-corrected chi connectivity index (χ2v) is 8.21. The monoisotopic (exact) mass is 427 g/mol. The van der Waals surface area contributed by atoms with E-state index in [-0.39, 0.29) is 24.2 Å². The summed E-state index contributed by atoms with van der Waals surface area (Å²) in [5.74, 6) is 1.06. The number of halogens is 1. The van der Waals surface area contributed by atoms with Crippen LogP contribution in [0.4, 0.5) is 5.69 Å². The quantitative estimate of drug-likeness (QED) is 0.621. The zero-order valence-electron chi connectivity index (χ0n) is 18.0. The number of ether oxygens (including phenoxy) is 2. The molecule has 1 unspecified atom stereocenters. The summed E-state index contributed by atoms with van der Waals surface area (Å²) in [5.41, 5.74) is 0.181. The number of hydrogen-bond acceptors (Lipinski definition) is 5. The van der Waals surface area contributed by atoms with Gasteiger partial charge in [0.1, 0.15) is 0 Å². The molecule has 3 N–H and O–H groups in total. The first-order chi connectivity index (χ1) is 13.3. The molecule has 7 nitrogen and oxygen atoms in total. The van der Waals surface area contributed by atoms with Gasteiger partial charge >= 0.3 is 0 Å². The van der Waals surface area contributed by atoms with Gasteiger partial charge in [0.15, 0.2) is 11.5 Å². The number of rotatable bonds is 7. The van der Waals surface area contributed by atoms with E-state index in [0.717, 1.165) is 19.5 Å². The highest BCUT2D eigenvalue weighted by Crippen LogP contribution is 2.34. The van der Waals surface area contributed by atoms with Crippen LogP contribution in [0, 0.1) is 11.3 Å². The lowest BCUT2D eigenvalue weighted by atomic mass is 9.95. The van der Waals surface area contributed by atoms with Gasteiger partial charge in [-0.15, -0.1) is 12.4 Å². The summed E-state index contributed by atoms with van der Waals surface area (Å²) < 4.78 is 10.7. The van der Waals surface area contributed by atoms with Crippen LogP contribution < -0.4 is 25.4 Å². The minimum atomic E-state index is -0.588. The fourth-order valence-electron chi connectivity index (χ4n) is 3.14. The van der Waals surface area contributed by atoms with Gasteiger partial charge in [-0.05, 0) is 44.3 Å². The summed E-state index contributed by atoms with van der Waals surface area (Å²) >= 11 is 0. The van der Waals surface area contributed by atoms with Crippen LogP contribution in [0.3, 0.4) is 0 Å². The molecule has 0 radical (unpaired) electrons. The summed E-state index contributed by atoms with van der Waals surface area (Å²) in [6, 6.07) is 3.23. The van der Waals surface area contributed by atoms with Crippen LogP contribution in [-0.4, -0.2) is 45.7 Å². The van der Waals surface area contributed by atoms with E-state index >= 15 is 0 Å². The fraction of sp³-hybridized carbons (Fsp3) is 0.619. The Morgan fingerprint density at radius 1 is 1.17 bits per heavy atom. The molecule has 1 aliphatic heterocycles. The number of anilines is 1. The molecule has 0 bridgehead atoms. The van der Waals surface area contributed by atoms with Gasteiger partial charge in [-0.1, -0.05) is 20.8 Å². The molecule has 1 atom stereocenters. The number of carbonyl (C=O) groups is 2. The van der Waals surface area contributed by atoms with Gasteiger partial charge in [0, 0.05) is 18.0 Å². The van der Waals surface area contributed by atoms with Gasteiger partial charge in [0.05, 0.1) is 25.5 Å². The molecule has 8 heteroatoms. The Bertz CT molecular complexity index is 698. The van der Waals surface area contributed by atoms with E-state index in [1.54, 1.807) is 12.1 Å². The molecule has 0 aromatic heterocycles. The molecule has 1 aromatic carbocycles. The maximum Gasteiger partial charge on any atom is 0.253 e. The summed E-state index contributed by atoms with van der Waals surface area (Å²) in [6.07, 6.45) is 3.29. The molecule has 1 aromatic rings. The molecule has 2 amide bonds. The van der Waals surface area contributed by atoms with Gasteiger partial charge in [-0.2, -0.15) is 0 Å². The topological polar surface area (TPSA) is 88.7 Å². The van der Waals surface area contributed by atoms with E-state index in [4.69, 9.17) is 9.47 Å². The van der Waals surface area contributed by atoms with Crippen molar-refractivity contribution in [2.75, 3.05) is 39.2 Å². The Balaban J connectivity index is 0.00000420. The Morgan fingerprint density at radius 3 is 2.38 bits per heavy atom. The number of hydrogen-bond donors (Lipinski definition) is 3. The van der Waals surface area contributed by atoms with Crippen LogP contribution >= 0.6 is 12.4 Å². The molecule has 0 spiro atoms. The number of amides is 2. The minimum Gasteiger partial charge on any atom is -0.493 e. The van der Waals surface area contributed by atoms with Crippen LogP contribution in [0.1, 0.15) is 50.4 Å². The van der Waals surface area contributed by atoms with Crippen molar-refractivity contribution in [1.29, 1.82) is 0 Å². The van der Waals surface area contributed by atoms with Gasteiger partial charge in [0.2, 0.25) is 5.91 Å². The Morgan fingerprint density at radius 2 is 1.83 bits per heavy atom. The molecular formula is C21H34ClN3O4. The third-order valence-corrected chi connectivity index (χ3v) is 4.93. The van der Waals surface area contributed by atoms with Gasteiger partial charge in [0.25, 0.3) is 5.91 Å². The molecular weight excluding hydrogens is 394 g/mol. The van der Waals surface area contributed by atoms with Crippen LogP contribution in [0.15, 0.2) is 12.1 Å². The highest BCUT2D eigenvalue weighted by Gasteiger charge is 2.25. The van der Waals surface area contributed by atoms with Crippen molar-refractivity contribution < 1.29 is 19.1 Å². The summed E-state index contributed by atoms with van der Waals surface area (Å²) in [4.78, 5) is 25.3. The predicted molar refractivity (Wildman–Crippen MR) is 117 cm³/mol. The number of piperidine rings is 1. The molecule has 164 valence electrons. The van der Waals surface area contributed by atoms with E-state index < -0.39 is 5.41 Å². The second-order valence-electron chi connectivity index (χ2n) is 8.21. The van der Waals surface area contributed by atoms with Crippen molar-refractivity contribution in [1.82, 2.24) is 10.6 Å². The molecule has 1 fully saturated rings. The smallest absolute Gasteiger partial charge is 0.253 e. The molecule has 1 aliphatic rings. The maximum atomic E-state index is 12.8. The normalized spacial score (nSPS) is 16.4. The summed E-state index contributed by atoms with van der Waals surface area (Å²) in [6.45, 7) is 8.12. The third kappa shape index (κ3) is 7.08. The zero-order valence-corrected chi connectivity index (χ0v) is 18.8. The van der Waals surface area contributed by atoms with Gasteiger partial charge in [-0.25, -0.2) is 0 Å². The van der Waals surface area contributed by atoms with Gasteiger partial charge < -0.3 is 25.4 Å². The Kier molecular flexibility index (Phi) is 9.73. The first-order valence-electron chi connectivity index (χ1n) is 9.82. The molecule has 29 heavy (non-hydrogen) atoms. The Hall–Kier alpha value is -1.99. The average Bonchev–Trinajstić information content (AvgIpc) is 2.67. The predicted octanol–water partition coefficient (Wildman–Crippen LogP) is 3.23. The first-order valence-corrected chi connectivity index (χ1v) is 9.82. The number of benzene rings is 1. The van der Waals surface area contributed by atoms with E-state index in [1.165, 1.54) is 27.1 Å². The number of carbonyl (C=O) groups excluding carboxylic acids is 2. The average molecular weight is 428 g/mol. The van der Waals surface area contributed by atoms with Crippen molar-refractivity contribution in [3.63, 3.8) is 0 Å². The second kappa shape index (κ2) is 11.3. The molecule has 0 saturated carbocycles. The maximum absolute atomic E-state index is 12.8. The highest BCUT2D eigenvalue weighted by molar-refractivity contribution is 6.05. The first kappa shape index (κ1) is 25.0. The molecule has 0 aliphatic carbocycles. The molecule has 1 heterocycles. The third-order valence-electron chi connectivity index (χ3n) is 4.93. The van der Waals surface area contributed by atoms with Crippen molar-refractivity contribution >= 4 is 29.9 Å². The summed E-state index contributed by atoms with van der Waals surface area (Å²) in [7, 11) is 3.04. The van der Waals surface area contributed by atoms with E-state index in [2.05, 4.69) is 16.0 Å². The van der Waals surface area contributed by atoms with Crippen LogP contribution in [0.25, 0.3) is 0 Å². The number of methoxy groups -OCH3 is 2. The summed E-state index contributed by atoms with van der Waals surface area (Å²) in [5, 5.41) is 9.21. The van der Waals surface area contributed by atoms with Gasteiger partial charge in [-0.3, -0.25) is 9.59 Å². The fourth-order valence-corrected chi connectivity index (χ4v) is 3.14. The highest BCUT2D eigenvalue weighted by atomic mass is 35.5. The van der Waals surface area contributed by atoms with Crippen molar-refractivity contribution in [2.24, 2.45) is 11.3 Å². The molecule has 1 saturated heterocycles. The lowest BCUT2D eigenvalue weighted by Gasteiger charge is -2.23. The zero-order chi connectivity index (χ0) is 20.7. The SMILES string of the molecule is COc1cc(NC(=O)C(C)(C)C)c(C(=O)NCCC2CCCNC2)cc1OC.Cl. The van der Waals surface area contributed by atoms with Crippen LogP contribution in [0.2, 0.25) is 0 Å². The van der Waals surface area contributed by atoms with E-state index in [9.17, 15) is 9.59 Å². The van der Waals surface area contributed by atoms with E-state index in [0.29, 0.717) is 35.2 Å². The van der Waals surface area contributed by atoms with Crippen molar-refractivity contribution in [3.05, 3.63) is 17.7 Å². The van der Waals surface area contributed by atoms with E-state index in [1.807, 2.05) is 20.8 Å². The lowest BCUT2D eigenvalue weighted by Crippen LogP contribution is -2.34. The minimum absolute atomic E-state index is 0. The molecule has 2 rings (SSSR count). The largest absolute Gasteiger partial charge is 0.493 e. The van der Waals surface area contributed by atoms with Crippen molar-refractivity contribution in [2.45, 2.75) is 40.0 Å². The lowest BCUT2D eigenvalue weighted by molar-refractivity contribution is -0.123.